The van der Waals surface area contributed by atoms with Crippen LogP contribution in [0.4, 0.5) is 5.69 Å². The highest BCUT2D eigenvalue weighted by molar-refractivity contribution is 6.31. The SMILES string of the molecule is Cc1cc(Cl)cc(C(=O)Nc2ccc(CC(=O)O)nc2)c1. The molecule has 0 radical (unpaired) electrons. The highest BCUT2D eigenvalue weighted by atomic mass is 35.5. The molecule has 5 nitrogen and oxygen atoms in total. The zero-order valence-corrected chi connectivity index (χ0v) is 12.0. The van der Waals surface area contributed by atoms with Gasteiger partial charge in [0.1, 0.15) is 0 Å². The van der Waals surface area contributed by atoms with Crippen LogP contribution in [0.2, 0.25) is 5.02 Å². The van der Waals surface area contributed by atoms with Crippen molar-refractivity contribution < 1.29 is 14.7 Å². The monoisotopic (exact) mass is 304 g/mol. The van der Waals surface area contributed by atoms with Gasteiger partial charge in [0.15, 0.2) is 0 Å². The maximum Gasteiger partial charge on any atom is 0.309 e. The smallest absolute Gasteiger partial charge is 0.309 e. The van der Waals surface area contributed by atoms with Crippen molar-refractivity contribution in [1.82, 2.24) is 4.98 Å². The lowest BCUT2D eigenvalue weighted by atomic mass is 10.1. The topological polar surface area (TPSA) is 79.3 Å². The van der Waals surface area contributed by atoms with E-state index in [0.29, 0.717) is 22.0 Å². The van der Waals surface area contributed by atoms with Crippen molar-refractivity contribution in [3.8, 4) is 0 Å². The molecule has 108 valence electrons. The number of nitrogens with zero attached hydrogens (tertiary/aromatic N) is 1. The molecule has 0 atom stereocenters. The van der Waals surface area contributed by atoms with Crippen molar-refractivity contribution in [2.45, 2.75) is 13.3 Å². The van der Waals surface area contributed by atoms with Gasteiger partial charge in [-0.25, -0.2) is 0 Å². The minimum absolute atomic E-state index is 0.151. The second-order valence-corrected chi connectivity index (χ2v) is 5.02. The fourth-order valence-electron chi connectivity index (χ4n) is 1.83. The van der Waals surface area contributed by atoms with Crippen molar-refractivity contribution in [2.24, 2.45) is 0 Å². The third-order valence-corrected chi connectivity index (χ3v) is 2.94. The van der Waals surface area contributed by atoms with Gasteiger partial charge in [-0.15, -0.1) is 0 Å². The van der Waals surface area contributed by atoms with Gasteiger partial charge in [0.05, 0.1) is 24.0 Å². The first kappa shape index (κ1) is 15.0. The van der Waals surface area contributed by atoms with Crippen LogP contribution in [0, 0.1) is 6.92 Å². The lowest BCUT2D eigenvalue weighted by molar-refractivity contribution is -0.136. The molecule has 2 N–H and O–H groups in total. The van der Waals surface area contributed by atoms with Crippen molar-refractivity contribution >= 4 is 29.2 Å². The number of nitrogens with one attached hydrogen (secondary N) is 1. The normalized spacial score (nSPS) is 10.2. The van der Waals surface area contributed by atoms with E-state index in [2.05, 4.69) is 10.3 Å². The van der Waals surface area contributed by atoms with Crippen LogP contribution in [0.1, 0.15) is 21.6 Å². The highest BCUT2D eigenvalue weighted by Crippen LogP contribution is 2.16. The molecule has 1 aromatic heterocycles. The molecule has 2 rings (SSSR count). The van der Waals surface area contributed by atoms with Crippen LogP contribution in [0.15, 0.2) is 36.5 Å². The van der Waals surface area contributed by atoms with E-state index in [-0.39, 0.29) is 12.3 Å². The third-order valence-electron chi connectivity index (χ3n) is 2.72. The predicted molar refractivity (Wildman–Crippen MR) is 79.7 cm³/mol. The van der Waals surface area contributed by atoms with E-state index in [1.165, 1.54) is 6.20 Å². The van der Waals surface area contributed by atoms with Crippen LogP contribution in [-0.4, -0.2) is 22.0 Å². The van der Waals surface area contributed by atoms with E-state index < -0.39 is 5.97 Å². The maximum absolute atomic E-state index is 12.1. The van der Waals surface area contributed by atoms with Crippen molar-refractivity contribution in [2.75, 3.05) is 5.32 Å². The Morgan fingerprint density at radius 1 is 1.29 bits per heavy atom. The average Bonchev–Trinajstić information content (AvgIpc) is 2.39. The molecule has 0 saturated heterocycles. The van der Waals surface area contributed by atoms with E-state index in [4.69, 9.17) is 16.7 Å². The number of benzene rings is 1. The highest BCUT2D eigenvalue weighted by Gasteiger charge is 2.08. The van der Waals surface area contributed by atoms with E-state index in [1.807, 2.05) is 6.92 Å². The van der Waals surface area contributed by atoms with Crippen molar-refractivity contribution in [3.05, 3.63) is 58.4 Å². The Morgan fingerprint density at radius 3 is 2.62 bits per heavy atom. The number of carbonyl (C=O) groups is 2. The van der Waals surface area contributed by atoms with Crippen LogP contribution in [0.5, 0.6) is 0 Å². The summed E-state index contributed by atoms with van der Waals surface area (Å²) in [5, 5.41) is 11.8. The van der Waals surface area contributed by atoms with Gasteiger partial charge in [-0.2, -0.15) is 0 Å². The molecule has 1 aromatic carbocycles. The Balaban J connectivity index is 2.10. The van der Waals surface area contributed by atoms with Gasteiger partial charge < -0.3 is 10.4 Å². The van der Waals surface area contributed by atoms with Gasteiger partial charge in [0, 0.05) is 10.6 Å². The van der Waals surface area contributed by atoms with Crippen LogP contribution >= 0.6 is 11.6 Å². The Hall–Kier alpha value is -2.40. The Kier molecular flexibility index (Phi) is 4.55. The average molecular weight is 305 g/mol. The summed E-state index contributed by atoms with van der Waals surface area (Å²) >= 11 is 5.92. The molecule has 0 bridgehead atoms. The summed E-state index contributed by atoms with van der Waals surface area (Å²) in [4.78, 5) is 26.6. The van der Waals surface area contributed by atoms with Crippen LogP contribution in [0.3, 0.4) is 0 Å². The number of carbonyl (C=O) groups excluding carboxylic acids is 1. The molecule has 2 aromatic rings. The Labute approximate surface area is 126 Å². The number of hydrogen-bond donors (Lipinski definition) is 2. The number of hydrogen-bond acceptors (Lipinski definition) is 3. The van der Waals surface area contributed by atoms with Crippen molar-refractivity contribution in [1.29, 1.82) is 0 Å². The van der Waals surface area contributed by atoms with Gasteiger partial charge in [-0.3, -0.25) is 14.6 Å². The molecule has 0 unspecified atom stereocenters. The van der Waals surface area contributed by atoms with Crippen LogP contribution < -0.4 is 5.32 Å². The number of pyridine rings is 1. The number of anilines is 1. The second kappa shape index (κ2) is 6.37. The van der Waals surface area contributed by atoms with E-state index >= 15 is 0 Å². The van der Waals surface area contributed by atoms with E-state index in [9.17, 15) is 9.59 Å². The number of halogens is 1. The minimum Gasteiger partial charge on any atom is -0.481 e. The number of carboxylic acid groups (broad SMARTS) is 1. The minimum atomic E-state index is -0.950. The maximum atomic E-state index is 12.1. The third kappa shape index (κ3) is 4.29. The predicted octanol–water partition coefficient (Wildman–Crippen LogP) is 2.92. The lowest BCUT2D eigenvalue weighted by Crippen LogP contribution is -2.12. The molecule has 0 saturated carbocycles. The van der Waals surface area contributed by atoms with Gasteiger partial charge in [-0.05, 0) is 42.8 Å². The number of aliphatic carboxylic acids is 1. The first-order valence-corrected chi connectivity index (χ1v) is 6.57. The van der Waals surface area contributed by atoms with Gasteiger partial charge >= 0.3 is 5.97 Å². The molecule has 6 heteroatoms. The zero-order valence-electron chi connectivity index (χ0n) is 11.3. The molecule has 1 heterocycles. The van der Waals surface area contributed by atoms with Crippen molar-refractivity contribution in [3.63, 3.8) is 0 Å². The quantitative estimate of drug-likeness (QED) is 0.910. The second-order valence-electron chi connectivity index (χ2n) is 4.58. The summed E-state index contributed by atoms with van der Waals surface area (Å²) in [7, 11) is 0. The number of rotatable bonds is 4. The molecule has 0 fully saturated rings. The van der Waals surface area contributed by atoms with E-state index in [0.717, 1.165) is 5.56 Å². The number of amides is 1. The molecular weight excluding hydrogens is 292 g/mol. The zero-order chi connectivity index (χ0) is 15.4. The molecule has 0 aliphatic rings. The summed E-state index contributed by atoms with van der Waals surface area (Å²) in [5.74, 6) is -1.25. The molecule has 0 spiro atoms. The molecule has 0 aliphatic carbocycles. The van der Waals surface area contributed by atoms with Crippen LogP contribution in [0.25, 0.3) is 0 Å². The van der Waals surface area contributed by atoms with E-state index in [1.54, 1.807) is 30.3 Å². The number of aryl methyl sites for hydroxylation is 1. The summed E-state index contributed by atoms with van der Waals surface area (Å²) < 4.78 is 0. The van der Waals surface area contributed by atoms with Gasteiger partial charge in [-0.1, -0.05) is 11.6 Å². The fraction of sp³-hybridized carbons (Fsp3) is 0.133. The molecule has 1 amide bonds. The number of aromatic nitrogens is 1. The first-order valence-electron chi connectivity index (χ1n) is 6.19. The standard InChI is InChI=1S/C15H13ClN2O3/c1-9-4-10(6-11(16)5-9)15(21)18-13-3-2-12(17-8-13)7-14(19)20/h2-6,8H,7H2,1H3,(H,18,21)(H,19,20). The summed E-state index contributed by atoms with van der Waals surface area (Å²) in [6.07, 6.45) is 1.27. The first-order chi connectivity index (χ1) is 9.94. The Bertz CT molecular complexity index is 664. The largest absolute Gasteiger partial charge is 0.481 e. The molecular formula is C15H13ClN2O3. The molecule has 0 aliphatic heterocycles. The summed E-state index contributed by atoms with van der Waals surface area (Å²) in [6.45, 7) is 1.85. The number of carboxylic acids is 1. The lowest BCUT2D eigenvalue weighted by Gasteiger charge is -2.07. The van der Waals surface area contributed by atoms with Gasteiger partial charge in [0.2, 0.25) is 0 Å². The Morgan fingerprint density at radius 2 is 2.05 bits per heavy atom. The fourth-order valence-corrected chi connectivity index (χ4v) is 2.12. The van der Waals surface area contributed by atoms with Gasteiger partial charge in [0.25, 0.3) is 5.91 Å². The summed E-state index contributed by atoms with van der Waals surface area (Å²) in [5.41, 5.74) is 2.27. The van der Waals surface area contributed by atoms with Crippen LogP contribution in [-0.2, 0) is 11.2 Å². The summed E-state index contributed by atoms with van der Waals surface area (Å²) in [6, 6.07) is 8.25. The molecule has 21 heavy (non-hydrogen) atoms.